The quantitative estimate of drug-likeness (QED) is 0.743. The van der Waals surface area contributed by atoms with E-state index in [-0.39, 0.29) is 12.2 Å². The van der Waals surface area contributed by atoms with Crippen molar-refractivity contribution in [3.63, 3.8) is 0 Å². The molecule has 1 heterocycles. The lowest BCUT2D eigenvalue weighted by Crippen LogP contribution is -2.42. The zero-order valence-corrected chi connectivity index (χ0v) is 14.3. The van der Waals surface area contributed by atoms with Crippen LogP contribution in [0.1, 0.15) is 36.2 Å². The molecule has 0 aliphatic carbocycles. The van der Waals surface area contributed by atoms with Gasteiger partial charge in [-0.3, -0.25) is 0 Å². The smallest absolute Gasteiger partial charge is 0.188 e. The fourth-order valence-electron chi connectivity index (χ4n) is 3.26. The van der Waals surface area contributed by atoms with Gasteiger partial charge in [0.05, 0.1) is 0 Å². The van der Waals surface area contributed by atoms with E-state index < -0.39 is 11.9 Å². The Kier molecular flexibility index (Phi) is 5.49. The van der Waals surface area contributed by atoms with Gasteiger partial charge in [0.1, 0.15) is 17.8 Å². The molecule has 130 valence electrons. The van der Waals surface area contributed by atoms with Gasteiger partial charge in [0.15, 0.2) is 6.29 Å². The second-order valence-electron chi connectivity index (χ2n) is 6.36. The highest BCUT2D eigenvalue weighted by atomic mass is 16.7. The Morgan fingerprint density at radius 1 is 0.800 bits per heavy atom. The highest BCUT2D eigenvalue weighted by Crippen LogP contribution is 2.46. The molecule has 1 N–H and O–H groups in total. The van der Waals surface area contributed by atoms with Crippen LogP contribution in [0, 0.1) is 0 Å². The van der Waals surface area contributed by atoms with Gasteiger partial charge in [-0.05, 0) is 24.0 Å². The predicted molar refractivity (Wildman–Crippen MR) is 98.9 cm³/mol. The van der Waals surface area contributed by atoms with E-state index in [1.54, 1.807) is 12.2 Å². The Balaban J connectivity index is 1.95. The molecule has 1 fully saturated rings. The van der Waals surface area contributed by atoms with Gasteiger partial charge in [0.2, 0.25) is 0 Å². The summed E-state index contributed by atoms with van der Waals surface area (Å²) < 4.78 is 12.4. The zero-order valence-electron chi connectivity index (χ0n) is 14.3. The van der Waals surface area contributed by atoms with Gasteiger partial charge < -0.3 is 14.6 Å². The molecule has 0 bridgehead atoms. The molecule has 1 saturated heterocycles. The molecule has 25 heavy (non-hydrogen) atoms. The minimum atomic E-state index is -1.18. The van der Waals surface area contributed by atoms with Crippen LogP contribution < -0.4 is 0 Å². The maximum absolute atomic E-state index is 11.0. The van der Waals surface area contributed by atoms with Crippen molar-refractivity contribution in [2.24, 2.45) is 0 Å². The average molecular weight is 336 g/mol. The highest BCUT2D eigenvalue weighted by Gasteiger charge is 2.47. The summed E-state index contributed by atoms with van der Waals surface area (Å²) in [5, 5.41) is 11.0. The lowest BCUT2D eigenvalue weighted by Gasteiger charge is -2.31. The number of ether oxygens (including phenoxy) is 2. The van der Waals surface area contributed by atoms with E-state index in [1.807, 2.05) is 60.7 Å². The molecular weight excluding hydrogens is 312 g/mol. The average Bonchev–Trinajstić information content (AvgIpc) is 3.10. The summed E-state index contributed by atoms with van der Waals surface area (Å²) in [6.45, 7) is 7.50. The van der Waals surface area contributed by atoms with Crippen LogP contribution in [0.25, 0.3) is 0 Å². The van der Waals surface area contributed by atoms with Gasteiger partial charge in [-0.15, -0.1) is 13.2 Å². The van der Waals surface area contributed by atoms with Gasteiger partial charge in [0, 0.05) is 0 Å². The van der Waals surface area contributed by atoms with E-state index in [0.29, 0.717) is 12.8 Å². The molecule has 3 nitrogen and oxygen atoms in total. The summed E-state index contributed by atoms with van der Waals surface area (Å²) in [7, 11) is 0. The fraction of sp³-hybridized carbons (Fsp3) is 0.273. The van der Waals surface area contributed by atoms with Crippen molar-refractivity contribution in [1.29, 1.82) is 0 Å². The molecule has 1 aliphatic heterocycles. The largest absolute Gasteiger partial charge is 0.384 e. The van der Waals surface area contributed by atoms with E-state index >= 15 is 0 Å². The lowest BCUT2D eigenvalue weighted by atomic mass is 9.95. The van der Waals surface area contributed by atoms with Gasteiger partial charge in [0.25, 0.3) is 0 Å². The van der Waals surface area contributed by atoms with Crippen molar-refractivity contribution in [3.05, 3.63) is 97.1 Å². The third kappa shape index (κ3) is 3.74. The van der Waals surface area contributed by atoms with Gasteiger partial charge in [-0.2, -0.15) is 0 Å². The van der Waals surface area contributed by atoms with E-state index in [0.717, 1.165) is 11.1 Å². The summed E-state index contributed by atoms with van der Waals surface area (Å²) in [5.74, 6) is 0. The Bertz CT molecular complexity index is 638. The van der Waals surface area contributed by atoms with Crippen LogP contribution in [0.3, 0.4) is 0 Å². The molecule has 3 heteroatoms. The van der Waals surface area contributed by atoms with Crippen LogP contribution >= 0.6 is 0 Å². The maximum atomic E-state index is 11.0. The number of benzene rings is 2. The first-order valence-electron chi connectivity index (χ1n) is 8.53. The number of hydrogen-bond acceptors (Lipinski definition) is 3. The van der Waals surface area contributed by atoms with Gasteiger partial charge in [-0.1, -0.05) is 72.8 Å². The molecule has 2 aromatic rings. The minimum absolute atomic E-state index is 0.283. The molecular formula is C22H24O3. The molecule has 3 rings (SSSR count). The van der Waals surface area contributed by atoms with Crippen LogP contribution in [-0.2, 0) is 9.47 Å². The molecule has 0 unspecified atom stereocenters. The third-order valence-corrected chi connectivity index (χ3v) is 4.51. The second-order valence-corrected chi connectivity index (χ2v) is 6.36. The Morgan fingerprint density at radius 3 is 1.56 bits per heavy atom. The monoisotopic (exact) mass is 336 g/mol. The Labute approximate surface area is 149 Å². The normalized spacial score (nSPS) is 21.2. The van der Waals surface area contributed by atoms with Crippen molar-refractivity contribution in [3.8, 4) is 0 Å². The summed E-state index contributed by atoms with van der Waals surface area (Å²) >= 11 is 0. The van der Waals surface area contributed by atoms with Crippen molar-refractivity contribution in [2.45, 2.75) is 36.9 Å². The molecule has 2 aromatic carbocycles. The zero-order chi connectivity index (χ0) is 17.7. The van der Waals surface area contributed by atoms with E-state index in [2.05, 4.69) is 13.2 Å². The highest BCUT2D eigenvalue weighted by molar-refractivity contribution is 5.26. The van der Waals surface area contributed by atoms with E-state index in [4.69, 9.17) is 9.47 Å². The second kappa shape index (κ2) is 7.79. The van der Waals surface area contributed by atoms with E-state index in [9.17, 15) is 5.11 Å². The van der Waals surface area contributed by atoms with Crippen LogP contribution in [-0.4, -0.2) is 17.0 Å². The molecule has 0 amide bonds. The summed E-state index contributed by atoms with van der Waals surface area (Å²) in [4.78, 5) is 0. The van der Waals surface area contributed by atoms with Crippen molar-refractivity contribution < 1.29 is 14.6 Å². The molecule has 2 atom stereocenters. The minimum Gasteiger partial charge on any atom is -0.384 e. The standard InChI is InChI=1S/C22H24O3/c1-3-15-22(23,16-4-2)21-24-19(17-11-7-5-8-12-17)20(25-21)18-13-9-6-10-14-18/h3-14,19-21,23H,1-2,15-16H2/t19-,20-/m1/s1. The third-order valence-electron chi connectivity index (χ3n) is 4.51. The first kappa shape index (κ1) is 17.6. The van der Waals surface area contributed by atoms with E-state index in [1.165, 1.54) is 0 Å². The summed E-state index contributed by atoms with van der Waals surface area (Å²) in [6, 6.07) is 19.9. The maximum Gasteiger partial charge on any atom is 0.188 e. The molecule has 0 aromatic heterocycles. The molecule has 0 spiro atoms. The molecule has 0 radical (unpaired) electrons. The Hall–Kier alpha value is -2.20. The van der Waals surface area contributed by atoms with Crippen molar-refractivity contribution in [2.75, 3.05) is 0 Å². The Morgan fingerprint density at radius 2 is 1.20 bits per heavy atom. The predicted octanol–water partition coefficient (Wildman–Crippen LogP) is 4.73. The molecule has 1 aliphatic rings. The van der Waals surface area contributed by atoms with Crippen LogP contribution in [0.4, 0.5) is 0 Å². The first-order valence-corrected chi connectivity index (χ1v) is 8.53. The summed E-state index contributed by atoms with van der Waals surface area (Å²) in [5.41, 5.74) is 0.872. The summed E-state index contributed by atoms with van der Waals surface area (Å²) in [6.07, 6.45) is 2.79. The first-order chi connectivity index (χ1) is 12.2. The van der Waals surface area contributed by atoms with Gasteiger partial charge >= 0.3 is 0 Å². The fourth-order valence-corrected chi connectivity index (χ4v) is 3.26. The lowest BCUT2D eigenvalue weighted by molar-refractivity contribution is -0.191. The number of rotatable bonds is 7. The van der Waals surface area contributed by atoms with Crippen LogP contribution in [0.15, 0.2) is 86.0 Å². The van der Waals surface area contributed by atoms with Crippen LogP contribution in [0.5, 0.6) is 0 Å². The SMILES string of the molecule is C=CCC(O)(CC=C)C1O[C@H](c2ccccc2)[C@@H](c2ccccc2)O1. The molecule has 0 saturated carbocycles. The van der Waals surface area contributed by atoms with Crippen LogP contribution in [0.2, 0.25) is 0 Å². The number of hydrogen-bond donors (Lipinski definition) is 1. The van der Waals surface area contributed by atoms with Crippen molar-refractivity contribution >= 4 is 0 Å². The van der Waals surface area contributed by atoms with Gasteiger partial charge in [-0.25, -0.2) is 0 Å². The number of aliphatic hydroxyl groups is 1. The van der Waals surface area contributed by atoms with Crippen molar-refractivity contribution in [1.82, 2.24) is 0 Å². The topological polar surface area (TPSA) is 38.7 Å².